The summed E-state index contributed by atoms with van der Waals surface area (Å²) in [6, 6.07) is 2.32. The fraction of sp³-hybridized carbons (Fsp3) is 0.556. The number of nitriles is 1. The minimum Gasteiger partial charge on any atom is -0.343 e. The van der Waals surface area contributed by atoms with E-state index < -0.39 is 0 Å². The quantitative estimate of drug-likeness (QED) is 0.846. The van der Waals surface area contributed by atoms with Gasteiger partial charge in [-0.1, -0.05) is 13.8 Å². The first kappa shape index (κ1) is 17.9. The number of amides is 1. The fourth-order valence-corrected chi connectivity index (χ4v) is 2.83. The van der Waals surface area contributed by atoms with E-state index in [1.165, 1.54) is 6.20 Å². The molecule has 128 valence electrons. The molecular weight excluding hydrogens is 302 g/mol. The summed E-state index contributed by atoms with van der Waals surface area (Å²) in [5.74, 6) is 0.558. The standard InChI is InChI=1S/C18H25N5O/c1-11(2)13(4)22(6)17(24)8-7-16-12(3)21-18-15(9-19)10-20-23(18)14(16)5/h10-11,13H,7-8H2,1-6H3. The van der Waals surface area contributed by atoms with Gasteiger partial charge in [-0.15, -0.1) is 0 Å². The van der Waals surface area contributed by atoms with E-state index in [4.69, 9.17) is 5.26 Å². The van der Waals surface area contributed by atoms with Crippen LogP contribution >= 0.6 is 0 Å². The maximum atomic E-state index is 12.4. The average molecular weight is 327 g/mol. The summed E-state index contributed by atoms with van der Waals surface area (Å²) >= 11 is 0. The molecule has 1 amide bonds. The number of rotatable bonds is 5. The fourth-order valence-electron chi connectivity index (χ4n) is 2.83. The second kappa shape index (κ2) is 7.00. The van der Waals surface area contributed by atoms with Crippen LogP contribution in [0.3, 0.4) is 0 Å². The Kier molecular flexibility index (Phi) is 5.23. The summed E-state index contributed by atoms with van der Waals surface area (Å²) in [4.78, 5) is 18.8. The highest BCUT2D eigenvalue weighted by molar-refractivity contribution is 5.76. The van der Waals surface area contributed by atoms with Gasteiger partial charge < -0.3 is 4.90 Å². The summed E-state index contributed by atoms with van der Waals surface area (Å²) in [5, 5.41) is 13.4. The maximum absolute atomic E-state index is 12.4. The molecule has 0 saturated carbocycles. The van der Waals surface area contributed by atoms with Gasteiger partial charge in [0.2, 0.25) is 5.91 Å². The number of aryl methyl sites for hydroxylation is 2. The number of fused-ring (bicyclic) bond motifs is 1. The largest absolute Gasteiger partial charge is 0.343 e. The molecule has 0 fully saturated rings. The molecule has 0 aliphatic heterocycles. The van der Waals surface area contributed by atoms with Crippen LogP contribution in [0.1, 0.15) is 49.7 Å². The third kappa shape index (κ3) is 3.25. The Bertz CT molecular complexity index is 800. The van der Waals surface area contributed by atoms with Gasteiger partial charge in [-0.25, -0.2) is 9.50 Å². The molecule has 2 aromatic heterocycles. The van der Waals surface area contributed by atoms with E-state index in [-0.39, 0.29) is 11.9 Å². The van der Waals surface area contributed by atoms with Gasteiger partial charge in [0.15, 0.2) is 5.65 Å². The number of carbonyl (C=O) groups is 1. The Balaban J connectivity index is 2.22. The first-order chi connectivity index (χ1) is 11.3. The van der Waals surface area contributed by atoms with Gasteiger partial charge in [0.25, 0.3) is 0 Å². The van der Waals surface area contributed by atoms with E-state index in [0.29, 0.717) is 30.0 Å². The maximum Gasteiger partial charge on any atom is 0.222 e. The lowest BCUT2D eigenvalue weighted by Crippen LogP contribution is -2.38. The molecule has 0 aliphatic rings. The van der Waals surface area contributed by atoms with Crippen molar-refractivity contribution in [3.05, 3.63) is 28.7 Å². The molecule has 24 heavy (non-hydrogen) atoms. The van der Waals surface area contributed by atoms with Crippen molar-refractivity contribution in [2.24, 2.45) is 5.92 Å². The number of aromatic nitrogens is 3. The van der Waals surface area contributed by atoms with E-state index in [1.807, 2.05) is 25.8 Å². The number of hydrogen-bond donors (Lipinski definition) is 0. The van der Waals surface area contributed by atoms with Gasteiger partial charge in [0.1, 0.15) is 11.6 Å². The molecule has 2 heterocycles. The Hall–Kier alpha value is -2.42. The van der Waals surface area contributed by atoms with Gasteiger partial charge in [0, 0.05) is 30.9 Å². The smallest absolute Gasteiger partial charge is 0.222 e. The van der Waals surface area contributed by atoms with Crippen molar-refractivity contribution in [1.82, 2.24) is 19.5 Å². The molecular formula is C18H25N5O. The van der Waals surface area contributed by atoms with Crippen molar-refractivity contribution < 1.29 is 4.79 Å². The van der Waals surface area contributed by atoms with Crippen LogP contribution in [0.25, 0.3) is 5.65 Å². The molecule has 1 atom stereocenters. The van der Waals surface area contributed by atoms with E-state index in [1.54, 1.807) is 4.52 Å². The molecule has 2 rings (SSSR count). The molecule has 0 saturated heterocycles. The van der Waals surface area contributed by atoms with Gasteiger partial charge in [-0.05, 0) is 38.7 Å². The lowest BCUT2D eigenvalue weighted by Gasteiger charge is -2.28. The summed E-state index contributed by atoms with van der Waals surface area (Å²) in [6.45, 7) is 10.2. The number of carbonyl (C=O) groups excluding carboxylic acids is 1. The number of hydrogen-bond acceptors (Lipinski definition) is 4. The minimum absolute atomic E-state index is 0.133. The first-order valence-electron chi connectivity index (χ1n) is 8.27. The Morgan fingerprint density at radius 2 is 2.04 bits per heavy atom. The number of nitrogens with zero attached hydrogens (tertiary/aromatic N) is 5. The third-order valence-electron chi connectivity index (χ3n) is 4.89. The summed E-state index contributed by atoms with van der Waals surface area (Å²) in [6.07, 6.45) is 2.59. The topological polar surface area (TPSA) is 74.3 Å². The summed E-state index contributed by atoms with van der Waals surface area (Å²) in [7, 11) is 1.86. The second-order valence-corrected chi connectivity index (χ2v) is 6.66. The highest BCUT2D eigenvalue weighted by Gasteiger charge is 2.20. The van der Waals surface area contributed by atoms with Crippen LogP contribution in [0.4, 0.5) is 0 Å². The molecule has 0 bridgehead atoms. The van der Waals surface area contributed by atoms with E-state index in [2.05, 4.69) is 36.9 Å². The molecule has 6 nitrogen and oxygen atoms in total. The zero-order valence-electron chi connectivity index (χ0n) is 15.3. The van der Waals surface area contributed by atoms with Crippen molar-refractivity contribution in [3.63, 3.8) is 0 Å². The normalized spacial score (nSPS) is 12.4. The van der Waals surface area contributed by atoms with Crippen molar-refractivity contribution in [2.45, 2.75) is 53.5 Å². The monoisotopic (exact) mass is 327 g/mol. The van der Waals surface area contributed by atoms with E-state index in [9.17, 15) is 4.79 Å². The van der Waals surface area contributed by atoms with Crippen LogP contribution in [-0.2, 0) is 11.2 Å². The first-order valence-corrected chi connectivity index (χ1v) is 8.27. The molecule has 0 radical (unpaired) electrons. The molecule has 0 aliphatic carbocycles. The summed E-state index contributed by atoms with van der Waals surface area (Å²) < 4.78 is 1.69. The van der Waals surface area contributed by atoms with Crippen molar-refractivity contribution in [3.8, 4) is 6.07 Å². The molecule has 0 aromatic carbocycles. The zero-order chi connectivity index (χ0) is 18.0. The average Bonchev–Trinajstić information content (AvgIpc) is 2.95. The van der Waals surface area contributed by atoms with Gasteiger partial charge >= 0.3 is 0 Å². The lowest BCUT2D eigenvalue weighted by atomic mass is 10.0. The van der Waals surface area contributed by atoms with Crippen molar-refractivity contribution in [1.29, 1.82) is 5.26 Å². The zero-order valence-corrected chi connectivity index (χ0v) is 15.3. The van der Waals surface area contributed by atoms with Gasteiger partial charge in [-0.2, -0.15) is 10.4 Å². The van der Waals surface area contributed by atoms with E-state index in [0.717, 1.165) is 17.0 Å². The van der Waals surface area contributed by atoms with Crippen molar-refractivity contribution >= 4 is 11.6 Å². The van der Waals surface area contributed by atoms with Crippen LogP contribution in [0, 0.1) is 31.1 Å². The molecule has 6 heteroatoms. The van der Waals surface area contributed by atoms with Crippen LogP contribution in [0.5, 0.6) is 0 Å². The molecule has 0 spiro atoms. The Morgan fingerprint density at radius 3 is 2.62 bits per heavy atom. The highest BCUT2D eigenvalue weighted by atomic mass is 16.2. The molecule has 0 N–H and O–H groups in total. The molecule has 2 aromatic rings. The second-order valence-electron chi connectivity index (χ2n) is 6.66. The predicted molar refractivity (Wildman–Crippen MR) is 92.6 cm³/mol. The van der Waals surface area contributed by atoms with E-state index >= 15 is 0 Å². The van der Waals surface area contributed by atoms with Gasteiger partial charge in [0.05, 0.1) is 6.20 Å². The van der Waals surface area contributed by atoms with Crippen LogP contribution in [0.15, 0.2) is 6.20 Å². The van der Waals surface area contributed by atoms with Crippen molar-refractivity contribution in [2.75, 3.05) is 7.05 Å². The highest BCUT2D eigenvalue weighted by Crippen LogP contribution is 2.19. The van der Waals surface area contributed by atoms with Crippen LogP contribution in [-0.4, -0.2) is 38.5 Å². The van der Waals surface area contributed by atoms with Crippen LogP contribution < -0.4 is 0 Å². The lowest BCUT2D eigenvalue weighted by molar-refractivity contribution is -0.132. The SMILES string of the molecule is Cc1nc2c(C#N)cnn2c(C)c1CCC(=O)N(C)C(C)C(C)C. The summed E-state index contributed by atoms with van der Waals surface area (Å²) in [5.41, 5.74) is 3.85. The van der Waals surface area contributed by atoms with Gasteiger partial charge in [-0.3, -0.25) is 4.79 Å². The predicted octanol–water partition coefficient (Wildman–Crippen LogP) is 2.65. The molecule has 1 unspecified atom stereocenters. The third-order valence-corrected chi connectivity index (χ3v) is 4.89. The van der Waals surface area contributed by atoms with Crippen LogP contribution in [0.2, 0.25) is 0 Å². The minimum atomic E-state index is 0.133. The Morgan fingerprint density at radius 1 is 1.38 bits per heavy atom. The Labute approximate surface area is 143 Å².